The predicted molar refractivity (Wildman–Crippen MR) is 74.7 cm³/mol. The lowest BCUT2D eigenvalue weighted by atomic mass is 10.3. The average Bonchev–Trinajstić information content (AvgIpc) is 2.73. The van der Waals surface area contributed by atoms with Crippen LogP contribution < -0.4 is 5.56 Å². The van der Waals surface area contributed by atoms with Gasteiger partial charge in [-0.1, -0.05) is 0 Å². The smallest absolute Gasteiger partial charge is 0.273 e. The fraction of sp³-hybridized carbons (Fsp3) is 0.143. The van der Waals surface area contributed by atoms with Crippen molar-refractivity contribution in [3.8, 4) is 5.69 Å². The number of aromatic nitrogens is 2. The molecule has 3 nitrogen and oxygen atoms in total. The van der Waals surface area contributed by atoms with Crippen LogP contribution >= 0.6 is 11.3 Å². The quantitative estimate of drug-likeness (QED) is 0.670. The average molecular weight is 256 g/mol. The van der Waals surface area contributed by atoms with Crippen molar-refractivity contribution in [2.75, 3.05) is 0 Å². The highest BCUT2D eigenvalue weighted by atomic mass is 32.1. The zero-order valence-corrected chi connectivity index (χ0v) is 11.0. The van der Waals surface area contributed by atoms with Crippen molar-refractivity contribution in [2.45, 2.75) is 13.8 Å². The van der Waals surface area contributed by atoms with E-state index in [9.17, 15) is 4.79 Å². The molecule has 0 aliphatic rings. The standard InChI is InChI=1S/C14H12N2OS/c1-9-3-4-12(8-15-9)16-6-5-11-7-10(2)18-13(11)14(16)17/h3-8H,1-2H3. The SMILES string of the molecule is Cc1ccc(-n2ccc3cc(C)sc3c2=O)cn1. The van der Waals surface area contributed by atoms with Gasteiger partial charge in [0.1, 0.15) is 4.70 Å². The van der Waals surface area contributed by atoms with Gasteiger partial charge < -0.3 is 0 Å². The van der Waals surface area contributed by atoms with Crippen LogP contribution in [-0.4, -0.2) is 9.55 Å². The van der Waals surface area contributed by atoms with Crippen LogP contribution in [0.5, 0.6) is 0 Å². The van der Waals surface area contributed by atoms with Gasteiger partial charge in [-0.05, 0) is 43.5 Å². The second-order valence-corrected chi connectivity index (χ2v) is 5.55. The van der Waals surface area contributed by atoms with Gasteiger partial charge in [0.25, 0.3) is 5.56 Å². The summed E-state index contributed by atoms with van der Waals surface area (Å²) in [7, 11) is 0. The van der Waals surface area contributed by atoms with E-state index in [0.717, 1.165) is 26.3 Å². The van der Waals surface area contributed by atoms with Crippen molar-refractivity contribution in [1.29, 1.82) is 0 Å². The van der Waals surface area contributed by atoms with Gasteiger partial charge in [-0.15, -0.1) is 11.3 Å². The summed E-state index contributed by atoms with van der Waals surface area (Å²) < 4.78 is 2.45. The molecule has 0 fully saturated rings. The third-order valence-electron chi connectivity index (χ3n) is 2.87. The Morgan fingerprint density at radius 1 is 1.22 bits per heavy atom. The molecule has 0 saturated carbocycles. The molecule has 0 aromatic carbocycles. The Morgan fingerprint density at radius 3 is 2.78 bits per heavy atom. The highest BCUT2D eigenvalue weighted by Gasteiger charge is 2.07. The summed E-state index contributed by atoms with van der Waals surface area (Å²) >= 11 is 1.54. The molecule has 0 saturated heterocycles. The van der Waals surface area contributed by atoms with Crippen LogP contribution in [0.15, 0.2) is 41.5 Å². The molecule has 3 aromatic heterocycles. The monoisotopic (exact) mass is 256 g/mol. The van der Waals surface area contributed by atoms with Crippen molar-refractivity contribution >= 4 is 21.4 Å². The Hall–Kier alpha value is -1.94. The Balaban J connectivity index is 2.26. The molecule has 4 heteroatoms. The molecule has 18 heavy (non-hydrogen) atoms. The molecule has 90 valence electrons. The fourth-order valence-electron chi connectivity index (χ4n) is 1.96. The van der Waals surface area contributed by atoms with Crippen molar-refractivity contribution < 1.29 is 0 Å². The second-order valence-electron chi connectivity index (χ2n) is 4.29. The minimum absolute atomic E-state index is 0.0243. The number of nitrogens with zero attached hydrogens (tertiary/aromatic N) is 2. The van der Waals surface area contributed by atoms with E-state index in [-0.39, 0.29) is 5.56 Å². The van der Waals surface area contributed by atoms with Gasteiger partial charge in [0.2, 0.25) is 0 Å². The van der Waals surface area contributed by atoms with E-state index in [4.69, 9.17) is 0 Å². The summed E-state index contributed by atoms with van der Waals surface area (Å²) in [6.07, 6.45) is 3.53. The van der Waals surface area contributed by atoms with E-state index in [1.54, 1.807) is 10.8 Å². The summed E-state index contributed by atoms with van der Waals surface area (Å²) in [5.41, 5.74) is 1.77. The summed E-state index contributed by atoms with van der Waals surface area (Å²) in [6.45, 7) is 3.94. The topological polar surface area (TPSA) is 34.9 Å². The first-order chi connectivity index (χ1) is 8.65. The molecule has 0 bridgehead atoms. The third-order valence-corrected chi connectivity index (χ3v) is 3.93. The molecule has 0 spiro atoms. The van der Waals surface area contributed by atoms with E-state index in [2.05, 4.69) is 4.98 Å². The lowest BCUT2D eigenvalue weighted by molar-refractivity contribution is 0.990. The Labute approximate surface area is 108 Å². The van der Waals surface area contributed by atoms with E-state index in [0.29, 0.717) is 0 Å². The van der Waals surface area contributed by atoms with Crippen molar-refractivity contribution in [1.82, 2.24) is 9.55 Å². The first-order valence-corrected chi connectivity index (χ1v) is 6.51. The Morgan fingerprint density at radius 2 is 2.06 bits per heavy atom. The zero-order chi connectivity index (χ0) is 12.7. The largest absolute Gasteiger partial charge is 0.282 e. The highest BCUT2D eigenvalue weighted by Crippen LogP contribution is 2.21. The maximum atomic E-state index is 12.4. The lowest BCUT2D eigenvalue weighted by Crippen LogP contribution is -2.16. The van der Waals surface area contributed by atoms with E-state index in [1.165, 1.54) is 11.3 Å². The number of aryl methyl sites for hydroxylation is 2. The van der Waals surface area contributed by atoms with Gasteiger partial charge in [-0.25, -0.2) is 0 Å². The molecule has 3 aromatic rings. The van der Waals surface area contributed by atoms with E-state index < -0.39 is 0 Å². The van der Waals surface area contributed by atoms with Gasteiger partial charge in [-0.2, -0.15) is 0 Å². The van der Waals surface area contributed by atoms with Gasteiger partial charge in [0, 0.05) is 16.8 Å². The van der Waals surface area contributed by atoms with Crippen LogP contribution in [-0.2, 0) is 0 Å². The number of pyridine rings is 2. The first-order valence-electron chi connectivity index (χ1n) is 5.70. The molecule has 0 aliphatic heterocycles. The summed E-state index contributed by atoms with van der Waals surface area (Å²) in [4.78, 5) is 17.8. The maximum Gasteiger partial charge on any atom is 0.273 e. The van der Waals surface area contributed by atoms with Crippen LogP contribution in [0.2, 0.25) is 0 Å². The molecule has 0 radical (unpaired) electrons. The van der Waals surface area contributed by atoms with Crippen molar-refractivity contribution in [3.63, 3.8) is 0 Å². The van der Waals surface area contributed by atoms with Crippen LogP contribution in [0, 0.1) is 13.8 Å². The number of fused-ring (bicyclic) bond motifs is 1. The lowest BCUT2D eigenvalue weighted by Gasteiger charge is -2.05. The molecule has 0 N–H and O–H groups in total. The fourth-order valence-corrected chi connectivity index (χ4v) is 2.90. The van der Waals surface area contributed by atoms with Crippen LogP contribution in [0.1, 0.15) is 10.6 Å². The van der Waals surface area contributed by atoms with Gasteiger partial charge in [0.15, 0.2) is 0 Å². The van der Waals surface area contributed by atoms with E-state index in [1.807, 2.05) is 44.3 Å². The van der Waals surface area contributed by atoms with Crippen LogP contribution in [0.3, 0.4) is 0 Å². The highest BCUT2D eigenvalue weighted by molar-refractivity contribution is 7.18. The van der Waals surface area contributed by atoms with Crippen LogP contribution in [0.4, 0.5) is 0 Å². The molecule has 0 atom stereocenters. The molecule has 0 aliphatic carbocycles. The molecular formula is C14H12N2OS. The second kappa shape index (κ2) is 4.07. The zero-order valence-electron chi connectivity index (χ0n) is 10.2. The molecule has 0 unspecified atom stereocenters. The van der Waals surface area contributed by atoms with E-state index >= 15 is 0 Å². The number of rotatable bonds is 1. The predicted octanol–water partition coefficient (Wildman–Crippen LogP) is 3.06. The first kappa shape index (κ1) is 11.2. The van der Waals surface area contributed by atoms with Gasteiger partial charge in [-0.3, -0.25) is 14.3 Å². The molecule has 0 amide bonds. The number of hydrogen-bond donors (Lipinski definition) is 0. The maximum absolute atomic E-state index is 12.4. The third kappa shape index (κ3) is 1.75. The molecule has 3 rings (SSSR count). The van der Waals surface area contributed by atoms with Crippen LogP contribution in [0.25, 0.3) is 15.8 Å². The minimum Gasteiger partial charge on any atom is -0.282 e. The summed E-state index contributed by atoms with van der Waals surface area (Å²) in [6, 6.07) is 7.83. The van der Waals surface area contributed by atoms with Gasteiger partial charge >= 0.3 is 0 Å². The summed E-state index contributed by atoms with van der Waals surface area (Å²) in [5.74, 6) is 0. The van der Waals surface area contributed by atoms with Crippen molar-refractivity contribution in [3.05, 3.63) is 57.6 Å². The minimum atomic E-state index is 0.0243. The number of hydrogen-bond acceptors (Lipinski definition) is 3. The summed E-state index contributed by atoms with van der Waals surface area (Å²) in [5, 5.41) is 1.01. The Kier molecular flexibility index (Phi) is 2.52. The number of thiophene rings is 1. The Bertz CT molecular complexity index is 769. The molecular weight excluding hydrogens is 244 g/mol. The normalized spacial score (nSPS) is 11.0. The molecule has 3 heterocycles. The van der Waals surface area contributed by atoms with Gasteiger partial charge in [0.05, 0.1) is 11.9 Å². The van der Waals surface area contributed by atoms with Crippen molar-refractivity contribution in [2.24, 2.45) is 0 Å².